The van der Waals surface area contributed by atoms with Gasteiger partial charge in [0.15, 0.2) is 0 Å². The van der Waals surface area contributed by atoms with Crippen LogP contribution in [-0.2, 0) is 0 Å². The van der Waals surface area contributed by atoms with Crippen molar-refractivity contribution in [1.29, 1.82) is 0 Å². The van der Waals surface area contributed by atoms with Crippen molar-refractivity contribution in [2.75, 3.05) is 6.54 Å². The number of aromatic hydroxyl groups is 1. The summed E-state index contributed by atoms with van der Waals surface area (Å²) in [5, 5.41) is 9.63. The molecule has 0 bridgehead atoms. The third-order valence-corrected chi connectivity index (χ3v) is 2.92. The number of rotatable bonds is 3. The maximum Gasteiger partial charge on any atom is 0.142 e. The van der Waals surface area contributed by atoms with Crippen LogP contribution in [0.2, 0.25) is 5.02 Å². The molecule has 1 aromatic rings. The Morgan fingerprint density at radius 2 is 2.07 bits per heavy atom. The van der Waals surface area contributed by atoms with Crippen molar-refractivity contribution in [3.63, 3.8) is 0 Å². The van der Waals surface area contributed by atoms with Crippen LogP contribution in [0.1, 0.15) is 25.3 Å². The molecule has 4 heteroatoms. The Hall–Kier alpha value is -0.800. The van der Waals surface area contributed by atoms with E-state index in [0.29, 0.717) is 12.1 Å². The van der Waals surface area contributed by atoms with Gasteiger partial charge in [0.25, 0.3) is 0 Å². The molecule has 1 rings (SSSR count). The average Bonchev–Trinajstić information content (AvgIpc) is 2.18. The lowest BCUT2D eigenvalue weighted by Gasteiger charge is -2.21. The van der Waals surface area contributed by atoms with Crippen LogP contribution in [0, 0.1) is 11.7 Å². The van der Waals surface area contributed by atoms with E-state index in [1.807, 2.05) is 13.8 Å². The maximum atomic E-state index is 13.2. The van der Waals surface area contributed by atoms with Crippen LogP contribution in [0.5, 0.6) is 5.75 Å². The highest BCUT2D eigenvalue weighted by Crippen LogP contribution is 2.37. The van der Waals surface area contributed by atoms with Crippen molar-refractivity contribution in [2.45, 2.75) is 19.8 Å². The molecule has 3 N–H and O–H groups in total. The Morgan fingerprint density at radius 3 is 2.53 bits per heavy atom. The summed E-state index contributed by atoms with van der Waals surface area (Å²) in [5.74, 6) is -0.456. The van der Waals surface area contributed by atoms with Gasteiger partial charge in [-0.2, -0.15) is 0 Å². The van der Waals surface area contributed by atoms with Crippen LogP contribution in [-0.4, -0.2) is 11.7 Å². The van der Waals surface area contributed by atoms with Crippen molar-refractivity contribution in [3.05, 3.63) is 28.5 Å². The summed E-state index contributed by atoms with van der Waals surface area (Å²) in [6, 6.07) is 2.46. The molecule has 1 atom stereocenters. The van der Waals surface area contributed by atoms with Crippen molar-refractivity contribution in [3.8, 4) is 5.75 Å². The van der Waals surface area contributed by atoms with Gasteiger partial charge in [-0.3, -0.25) is 0 Å². The highest BCUT2D eigenvalue weighted by Gasteiger charge is 2.22. The predicted octanol–water partition coefficient (Wildman–Crippen LogP) is 2.88. The van der Waals surface area contributed by atoms with E-state index in [9.17, 15) is 9.50 Å². The SMILES string of the molecule is CC(C)C(CN)c1c(O)ccc(F)c1Cl. The summed E-state index contributed by atoms with van der Waals surface area (Å²) in [6.07, 6.45) is 0. The van der Waals surface area contributed by atoms with Crippen molar-refractivity contribution in [1.82, 2.24) is 0 Å². The molecule has 0 aliphatic heterocycles. The van der Waals surface area contributed by atoms with E-state index in [2.05, 4.69) is 0 Å². The number of phenols is 1. The number of nitrogens with two attached hydrogens (primary N) is 1. The number of benzene rings is 1. The van der Waals surface area contributed by atoms with Gasteiger partial charge in [0.05, 0.1) is 5.02 Å². The molecule has 0 aromatic heterocycles. The molecule has 0 amide bonds. The second-order valence-electron chi connectivity index (χ2n) is 3.88. The van der Waals surface area contributed by atoms with E-state index >= 15 is 0 Å². The standard InChI is InChI=1S/C11H15ClFNO/c1-6(2)7(5-14)10-9(15)4-3-8(13)11(10)12/h3-4,6-7,15H,5,14H2,1-2H3. The largest absolute Gasteiger partial charge is 0.508 e. The first kappa shape index (κ1) is 12.3. The molecule has 0 saturated carbocycles. The van der Waals surface area contributed by atoms with Crippen LogP contribution >= 0.6 is 11.6 Å². The zero-order chi connectivity index (χ0) is 11.6. The van der Waals surface area contributed by atoms with Gasteiger partial charge in [0.2, 0.25) is 0 Å². The fourth-order valence-corrected chi connectivity index (χ4v) is 1.93. The lowest BCUT2D eigenvalue weighted by atomic mass is 9.88. The normalized spacial score (nSPS) is 13.2. The molecule has 0 fully saturated rings. The summed E-state index contributed by atoms with van der Waals surface area (Å²) in [6.45, 7) is 4.24. The Labute approximate surface area is 93.9 Å². The average molecular weight is 232 g/mol. The van der Waals surface area contributed by atoms with Gasteiger partial charge >= 0.3 is 0 Å². The molecular formula is C11H15ClFNO. The van der Waals surface area contributed by atoms with E-state index in [1.54, 1.807) is 0 Å². The zero-order valence-electron chi connectivity index (χ0n) is 8.80. The molecule has 2 nitrogen and oxygen atoms in total. The second kappa shape index (κ2) is 4.81. The van der Waals surface area contributed by atoms with Crippen LogP contribution in [0.15, 0.2) is 12.1 Å². The van der Waals surface area contributed by atoms with Crippen molar-refractivity contribution >= 4 is 11.6 Å². The first-order chi connectivity index (χ1) is 6.99. The lowest BCUT2D eigenvalue weighted by Crippen LogP contribution is -2.18. The summed E-state index contributed by atoms with van der Waals surface area (Å²) < 4.78 is 13.2. The smallest absolute Gasteiger partial charge is 0.142 e. The van der Waals surface area contributed by atoms with Crippen LogP contribution < -0.4 is 5.73 Å². The van der Waals surface area contributed by atoms with E-state index < -0.39 is 5.82 Å². The Balaban J connectivity index is 3.27. The van der Waals surface area contributed by atoms with Gasteiger partial charge in [-0.05, 0) is 24.6 Å². The van der Waals surface area contributed by atoms with Crippen molar-refractivity contribution < 1.29 is 9.50 Å². The minimum atomic E-state index is -0.524. The fourth-order valence-electron chi connectivity index (χ4n) is 1.63. The van der Waals surface area contributed by atoms with Gasteiger partial charge in [-0.15, -0.1) is 0 Å². The first-order valence-corrected chi connectivity index (χ1v) is 5.23. The molecule has 0 aliphatic carbocycles. The third kappa shape index (κ3) is 2.41. The number of hydrogen-bond donors (Lipinski definition) is 2. The summed E-state index contributed by atoms with van der Waals surface area (Å²) in [4.78, 5) is 0. The van der Waals surface area contributed by atoms with Crippen LogP contribution in [0.25, 0.3) is 0 Å². The lowest BCUT2D eigenvalue weighted by molar-refractivity contribution is 0.435. The van der Waals surface area contributed by atoms with Crippen LogP contribution in [0.3, 0.4) is 0 Å². The quantitative estimate of drug-likeness (QED) is 0.840. The van der Waals surface area contributed by atoms with E-state index in [4.69, 9.17) is 17.3 Å². The minimum absolute atomic E-state index is 0.00514. The first-order valence-electron chi connectivity index (χ1n) is 4.86. The van der Waals surface area contributed by atoms with Gasteiger partial charge in [-0.25, -0.2) is 4.39 Å². The third-order valence-electron chi connectivity index (χ3n) is 2.54. The van der Waals surface area contributed by atoms with E-state index in [1.165, 1.54) is 6.07 Å². The van der Waals surface area contributed by atoms with Crippen molar-refractivity contribution in [2.24, 2.45) is 11.7 Å². The Kier molecular flexibility index (Phi) is 3.94. The molecule has 1 unspecified atom stereocenters. The van der Waals surface area contributed by atoms with Crippen LogP contribution in [0.4, 0.5) is 4.39 Å². The molecule has 0 aliphatic rings. The summed E-state index contributed by atoms with van der Waals surface area (Å²) in [5.41, 5.74) is 6.01. The topological polar surface area (TPSA) is 46.2 Å². The van der Waals surface area contributed by atoms with E-state index in [-0.39, 0.29) is 22.6 Å². The second-order valence-corrected chi connectivity index (χ2v) is 4.26. The number of halogens is 2. The monoisotopic (exact) mass is 231 g/mol. The summed E-state index contributed by atoms with van der Waals surface area (Å²) in [7, 11) is 0. The Morgan fingerprint density at radius 1 is 1.47 bits per heavy atom. The number of phenolic OH excluding ortho intramolecular Hbond substituents is 1. The Bertz CT molecular complexity index is 355. The summed E-state index contributed by atoms with van der Waals surface area (Å²) >= 11 is 5.83. The zero-order valence-corrected chi connectivity index (χ0v) is 9.55. The molecule has 0 spiro atoms. The molecule has 0 saturated heterocycles. The van der Waals surface area contributed by atoms with Gasteiger partial charge in [-0.1, -0.05) is 25.4 Å². The highest BCUT2D eigenvalue weighted by atomic mass is 35.5. The maximum absolute atomic E-state index is 13.2. The fraction of sp³-hybridized carbons (Fsp3) is 0.455. The highest BCUT2D eigenvalue weighted by molar-refractivity contribution is 6.31. The number of hydrogen-bond acceptors (Lipinski definition) is 2. The molecule has 84 valence electrons. The van der Waals surface area contributed by atoms with Gasteiger partial charge < -0.3 is 10.8 Å². The minimum Gasteiger partial charge on any atom is -0.508 e. The molecule has 0 radical (unpaired) electrons. The molecular weight excluding hydrogens is 217 g/mol. The molecule has 15 heavy (non-hydrogen) atoms. The molecule has 1 aromatic carbocycles. The van der Waals surface area contributed by atoms with Gasteiger partial charge in [0, 0.05) is 11.5 Å². The molecule has 0 heterocycles. The van der Waals surface area contributed by atoms with E-state index in [0.717, 1.165) is 6.07 Å². The predicted molar refractivity (Wildman–Crippen MR) is 59.7 cm³/mol. The van der Waals surface area contributed by atoms with Gasteiger partial charge in [0.1, 0.15) is 11.6 Å².